The first kappa shape index (κ1) is 23.3. The number of ether oxygens (including phenoxy) is 3. The normalized spacial score (nSPS) is 12.7. The lowest BCUT2D eigenvalue weighted by atomic mass is 10.1. The molecule has 0 fully saturated rings. The summed E-state index contributed by atoms with van der Waals surface area (Å²) in [6, 6.07) is 3.61. The highest BCUT2D eigenvalue weighted by molar-refractivity contribution is 6.60. The molecule has 0 heterocycles. The maximum Gasteiger partial charge on any atom is 0.500 e. The van der Waals surface area contributed by atoms with Crippen LogP contribution in [0.5, 0.6) is 11.5 Å². The average molecular weight is 404 g/mol. The van der Waals surface area contributed by atoms with Gasteiger partial charge >= 0.3 is 8.80 Å². The first-order valence-electron chi connectivity index (χ1n) is 8.55. The third kappa shape index (κ3) is 6.15. The number of nitrogens with zero attached hydrogens (tertiary/aromatic N) is 1. The Bertz CT molecular complexity index is 601. The molecule has 1 atom stereocenters. The Morgan fingerprint density at radius 3 is 2.04 bits per heavy atom. The monoisotopic (exact) mass is 403 g/mol. The Kier molecular flexibility index (Phi) is 9.67. The van der Waals surface area contributed by atoms with E-state index in [1.165, 1.54) is 20.3 Å². The van der Waals surface area contributed by atoms with E-state index < -0.39 is 19.8 Å². The van der Waals surface area contributed by atoms with Crippen molar-refractivity contribution in [3.05, 3.63) is 27.8 Å². The summed E-state index contributed by atoms with van der Waals surface area (Å²) in [6.45, 7) is 2.21. The fraction of sp³-hybridized carbons (Fsp3) is 0.647. The number of benzene rings is 1. The maximum absolute atomic E-state index is 11.4. The predicted molar refractivity (Wildman–Crippen MR) is 101 cm³/mol. The second-order valence-electron chi connectivity index (χ2n) is 5.79. The minimum absolute atomic E-state index is 0.0651. The molecule has 0 spiro atoms. The maximum atomic E-state index is 11.4. The summed E-state index contributed by atoms with van der Waals surface area (Å²) in [5.41, 5.74) is 0.372. The molecule has 1 unspecified atom stereocenters. The number of methoxy groups -OCH3 is 2. The van der Waals surface area contributed by atoms with Gasteiger partial charge in [0.25, 0.3) is 5.69 Å². The van der Waals surface area contributed by atoms with Gasteiger partial charge in [0.15, 0.2) is 11.5 Å². The number of rotatable bonds is 13. The first-order valence-corrected chi connectivity index (χ1v) is 10.5. The summed E-state index contributed by atoms with van der Waals surface area (Å²) in [4.78, 5) is 10.9. The highest BCUT2D eigenvalue weighted by atomic mass is 28.4. The topological polar surface area (TPSA) is 98.5 Å². The summed E-state index contributed by atoms with van der Waals surface area (Å²) in [7, 11) is 5.07. The lowest BCUT2D eigenvalue weighted by molar-refractivity contribution is -0.386. The molecule has 0 amide bonds. The molecule has 1 aromatic carbocycles. The summed E-state index contributed by atoms with van der Waals surface area (Å²) in [5, 5.41) is 11.4. The summed E-state index contributed by atoms with van der Waals surface area (Å²) in [6.07, 6.45) is 1.07. The molecule has 1 rings (SSSR count). The van der Waals surface area contributed by atoms with Crippen LogP contribution < -0.4 is 9.47 Å². The second kappa shape index (κ2) is 11.2. The van der Waals surface area contributed by atoms with Crippen molar-refractivity contribution in [2.75, 3.05) is 42.2 Å². The molecule has 0 saturated carbocycles. The van der Waals surface area contributed by atoms with Gasteiger partial charge in [-0.3, -0.25) is 10.1 Å². The molecule has 1 aromatic rings. The molecule has 0 aromatic heterocycles. The van der Waals surface area contributed by atoms with Gasteiger partial charge < -0.3 is 27.5 Å². The molecular weight excluding hydrogens is 374 g/mol. The standard InChI is InChI=1S/C17H29NO8Si/c1-13(26-9-7-8-10-27(23-4,24-5)25-6)14-11-16(21-2)17(22-3)12-15(14)18(19)20/h11-13H,7-10H2,1-6H3. The molecule has 154 valence electrons. The van der Waals surface area contributed by atoms with E-state index in [1.54, 1.807) is 34.3 Å². The van der Waals surface area contributed by atoms with Crippen LogP contribution in [0.4, 0.5) is 5.69 Å². The SMILES string of the molecule is COc1cc(C(C)OCCCC[Si](OC)(OC)OC)c([N+](=O)[O-])cc1OC. The van der Waals surface area contributed by atoms with Crippen LogP contribution in [0.3, 0.4) is 0 Å². The van der Waals surface area contributed by atoms with Gasteiger partial charge in [-0.15, -0.1) is 0 Å². The van der Waals surface area contributed by atoms with Gasteiger partial charge in [0.1, 0.15) is 0 Å². The average Bonchev–Trinajstić information content (AvgIpc) is 2.69. The molecule has 0 radical (unpaired) electrons. The highest BCUT2D eigenvalue weighted by Gasteiger charge is 2.36. The third-order valence-electron chi connectivity index (χ3n) is 4.35. The first-order chi connectivity index (χ1) is 12.9. The number of nitro benzene ring substituents is 1. The Morgan fingerprint density at radius 1 is 1.00 bits per heavy atom. The van der Waals surface area contributed by atoms with Crippen molar-refractivity contribution in [1.82, 2.24) is 0 Å². The second-order valence-corrected chi connectivity index (χ2v) is 8.88. The summed E-state index contributed by atoms with van der Waals surface area (Å²) < 4.78 is 32.3. The van der Waals surface area contributed by atoms with Crippen LogP contribution >= 0.6 is 0 Å². The van der Waals surface area contributed by atoms with Crippen LogP contribution in [0, 0.1) is 10.1 Å². The zero-order chi connectivity index (χ0) is 20.4. The largest absolute Gasteiger partial charge is 0.500 e. The fourth-order valence-electron chi connectivity index (χ4n) is 2.72. The van der Waals surface area contributed by atoms with E-state index in [-0.39, 0.29) is 5.69 Å². The molecule has 0 N–H and O–H groups in total. The van der Waals surface area contributed by atoms with E-state index in [4.69, 9.17) is 27.5 Å². The van der Waals surface area contributed by atoms with Crippen molar-refractivity contribution in [3.8, 4) is 11.5 Å². The van der Waals surface area contributed by atoms with Crippen LogP contribution in [0.2, 0.25) is 6.04 Å². The molecule has 0 bridgehead atoms. The van der Waals surface area contributed by atoms with E-state index in [2.05, 4.69) is 0 Å². The quantitative estimate of drug-likeness (QED) is 0.214. The smallest absolute Gasteiger partial charge is 0.493 e. The Labute approximate surface area is 161 Å². The minimum atomic E-state index is -2.58. The molecule has 0 aliphatic rings. The van der Waals surface area contributed by atoms with Crippen molar-refractivity contribution in [2.45, 2.75) is 31.9 Å². The van der Waals surface area contributed by atoms with Crippen LogP contribution in [-0.4, -0.2) is 55.9 Å². The molecular formula is C17H29NO8Si. The van der Waals surface area contributed by atoms with Gasteiger partial charge in [0.05, 0.1) is 36.9 Å². The van der Waals surface area contributed by atoms with E-state index >= 15 is 0 Å². The minimum Gasteiger partial charge on any atom is -0.493 e. The zero-order valence-electron chi connectivity index (χ0n) is 16.8. The summed E-state index contributed by atoms with van der Waals surface area (Å²) in [5.74, 6) is 0.727. The fourth-order valence-corrected chi connectivity index (χ4v) is 4.51. The van der Waals surface area contributed by atoms with E-state index in [0.717, 1.165) is 12.8 Å². The van der Waals surface area contributed by atoms with Crippen molar-refractivity contribution in [3.63, 3.8) is 0 Å². The molecule has 27 heavy (non-hydrogen) atoms. The lowest BCUT2D eigenvalue weighted by Crippen LogP contribution is -2.42. The molecule has 0 saturated heterocycles. The van der Waals surface area contributed by atoms with Gasteiger partial charge in [0, 0.05) is 34.0 Å². The Balaban J connectivity index is 2.72. The molecule has 0 aliphatic heterocycles. The Hall–Kier alpha value is -1.72. The zero-order valence-corrected chi connectivity index (χ0v) is 17.8. The van der Waals surface area contributed by atoms with E-state index in [0.29, 0.717) is 29.7 Å². The number of unbranched alkanes of at least 4 members (excludes halogenated alkanes) is 1. The van der Waals surface area contributed by atoms with Gasteiger partial charge in [-0.05, 0) is 25.8 Å². The Morgan fingerprint density at radius 2 is 1.56 bits per heavy atom. The van der Waals surface area contributed by atoms with Crippen molar-refractivity contribution < 1.29 is 32.4 Å². The van der Waals surface area contributed by atoms with Gasteiger partial charge in [-0.1, -0.05) is 0 Å². The predicted octanol–water partition coefficient (Wildman–Crippen LogP) is 3.35. The molecule has 0 aliphatic carbocycles. The van der Waals surface area contributed by atoms with Crippen LogP contribution in [0.1, 0.15) is 31.4 Å². The van der Waals surface area contributed by atoms with Gasteiger partial charge in [-0.25, -0.2) is 0 Å². The number of nitro groups is 1. The number of hydrogen-bond donors (Lipinski definition) is 0. The summed E-state index contributed by atoms with van der Waals surface area (Å²) >= 11 is 0. The molecule has 9 nitrogen and oxygen atoms in total. The van der Waals surface area contributed by atoms with Crippen molar-refractivity contribution >= 4 is 14.5 Å². The van der Waals surface area contributed by atoms with Crippen molar-refractivity contribution in [1.29, 1.82) is 0 Å². The van der Waals surface area contributed by atoms with E-state index in [9.17, 15) is 10.1 Å². The van der Waals surface area contributed by atoms with Crippen LogP contribution in [0.15, 0.2) is 12.1 Å². The third-order valence-corrected chi connectivity index (χ3v) is 7.18. The van der Waals surface area contributed by atoms with Gasteiger partial charge in [0.2, 0.25) is 0 Å². The van der Waals surface area contributed by atoms with E-state index in [1.807, 2.05) is 0 Å². The number of hydrogen-bond acceptors (Lipinski definition) is 8. The molecule has 10 heteroatoms. The lowest BCUT2D eigenvalue weighted by Gasteiger charge is -2.24. The highest BCUT2D eigenvalue weighted by Crippen LogP contribution is 2.38. The van der Waals surface area contributed by atoms with Gasteiger partial charge in [-0.2, -0.15) is 0 Å². The van der Waals surface area contributed by atoms with Crippen LogP contribution in [-0.2, 0) is 18.0 Å². The van der Waals surface area contributed by atoms with Crippen LogP contribution in [0.25, 0.3) is 0 Å². The van der Waals surface area contributed by atoms with Crippen molar-refractivity contribution in [2.24, 2.45) is 0 Å².